The molecule has 112 valence electrons. The molecule has 2 aromatic rings. The lowest BCUT2D eigenvalue weighted by atomic mass is 10.1. The van der Waals surface area contributed by atoms with Crippen LogP contribution in [0.3, 0.4) is 0 Å². The van der Waals surface area contributed by atoms with Crippen molar-refractivity contribution in [3.63, 3.8) is 0 Å². The summed E-state index contributed by atoms with van der Waals surface area (Å²) >= 11 is 0. The van der Waals surface area contributed by atoms with Crippen molar-refractivity contribution < 1.29 is 9.53 Å². The van der Waals surface area contributed by atoms with Crippen LogP contribution < -0.4 is 15.8 Å². The molecule has 0 saturated heterocycles. The van der Waals surface area contributed by atoms with Gasteiger partial charge in [0.1, 0.15) is 11.8 Å². The number of nitrogens with two attached hydrogens (primary N) is 1. The third kappa shape index (κ3) is 3.34. The number of aromatic nitrogens is 2. The Morgan fingerprint density at radius 2 is 2.00 bits per heavy atom. The number of nitrogens with zero attached hydrogens (tertiary/aromatic N) is 2. The van der Waals surface area contributed by atoms with Gasteiger partial charge in [-0.25, -0.2) is 4.98 Å². The van der Waals surface area contributed by atoms with Crippen LogP contribution in [0.4, 0.5) is 5.69 Å². The first-order chi connectivity index (χ1) is 10.0. The molecule has 0 bridgehead atoms. The molecule has 3 N–H and O–H groups in total. The molecule has 21 heavy (non-hydrogen) atoms. The lowest BCUT2D eigenvalue weighted by Crippen LogP contribution is -2.29. The Morgan fingerprint density at radius 1 is 1.33 bits per heavy atom. The number of anilines is 1. The maximum atomic E-state index is 11.8. The molecule has 0 fully saturated rings. The van der Waals surface area contributed by atoms with Gasteiger partial charge in [-0.3, -0.25) is 4.79 Å². The number of hydrogen-bond donors (Lipinski definition) is 2. The van der Waals surface area contributed by atoms with E-state index in [0.29, 0.717) is 0 Å². The molecule has 1 amide bonds. The normalized spacial score (nSPS) is 12.2. The van der Waals surface area contributed by atoms with Crippen molar-refractivity contribution in [2.75, 3.05) is 12.4 Å². The van der Waals surface area contributed by atoms with E-state index in [1.807, 2.05) is 42.7 Å². The number of carbonyl (C=O) groups is 1. The number of methoxy groups -OCH3 is 1. The summed E-state index contributed by atoms with van der Waals surface area (Å²) in [5.74, 6) is 0.302. The molecule has 1 unspecified atom stereocenters. The summed E-state index contributed by atoms with van der Waals surface area (Å²) in [5, 5.41) is 3.14. The van der Waals surface area contributed by atoms with E-state index in [0.717, 1.165) is 17.1 Å². The maximum Gasteiger partial charge on any atom is 0.246 e. The van der Waals surface area contributed by atoms with Crippen LogP contribution in [0.2, 0.25) is 0 Å². The fourth-order valence-corrected chi connectivity index (χ4v) is 2.11. The van der Waals surface area contributed by atoms with E-state index in [4.69, 9.17) is 10.5 Å². The van der Waals surface area contributed by atoms with Crippen LogP contribution in [0.5, 0.6) is 5.75 Å². The number of hydrogen-bond acceptors (Lipinski definition) is 4. The average Bonchev–Trinajstić information content (AvgIpc) is 2.94. The second-order valence-corrected chi connectivity index (χ2v) is 5.03. The van der Waals surface area contributed by atoms with E-state index in [-0.39, 0.29) is 6.04 Å². The van der Waals surface area contributed by atoms with Crippen LogP contribution in [0.25, 0.3) is 0 Å². The molecular formula is C15H20N4O2. The Labute approximate surface area is 123 Å². The molecule has 0 spiro atoms. The van der Waals surface area contributed by atoms with Crippen LogP contribution in [0.1, 0.15) is 31.6 Å². The lowest BCUT2D eigenvalue weighted by molar-refractivity contribution is -0.119. The minimum absolute atomic E-state index is 0.196. The van der Waals surface area contributed by atoms with Gasteiger partial charge in [-0.1, -0.05) is 0 Å². The number of rotatable bonds is 6. The molecule has 1 aromatic heterocycles. The van der Waals surface area contributed by atoms with E-state index in [1.165, 1.54) is 0 Å². The van der Waals surface area contributed by atoms with E-state index in [9.17, 15) is 4.79 Å². The monoisotopic (exact) mass is 288 g/mol. The highest BCUT2D eigenvalue weighted by Crippen LogP contribution is 2.23. The van der Waals surface area contributed by atoms with Gasteiger partial charge in [0.05, 0.1) is 25.3 Å². The van der Waals surface area contributed by atoms with Crippen molar-refractivity contribution in [3.05, 3.63) is 42.5 Å². The number of ether oxygens (including phenoxy) is 1. The van der Waals surface area contributed by atoms with Crippen molar-refractivity contribution >= 4 is 11.6 Å². The predicted octanol–water partition coefficient (Wildman–Crippen LogP) is 2.11. The molecule has 0 aliphatic heterocycles. The summed E-state index contributed by atoms with van der Waals surface area (Å²) in [6, 6.07) is 6.88. The third-order valence-corrected chi connectivity index (χ3v) is 3.23. The van der Waals surface area contributed by atoms with Gasteiger partial charge in [0, 0.05) is 11.7 Å². The zero-order valence-electron chi connectivity index (χ0n) is 12.4. The Kier molecular flexibility index (Phi) is 4.47. The van der Waals surface area contributed by atoms with Gasteiger partial charge in [-0.2, -0.15) is 0 Å². The van der Waals surface area contributed by atoms with Crippen molar-refractivity contribution in [2.24, 2.45) is 5.73 Å². The Balaban J connectivity index is 2.26. The standard InChI is InChI=1S/C15H20N4O2/c1-10(2)19-9-17-8-13(19)14(15(16)20)18-11-4-6-12(21-3)7-5-11/h4-10,14,18H,1-3H3,(H2,16,20). The lowest BCUT2D eigenvalue weighted by Gasteiger charge is -2.20. The van der Waals surface area contributed by atoms with Crippen molar-refractivity contribution in [1.82, 2.24) is 9.55 Å². The van der Waals surface area contributed by atoms with Crippen LogP contribution in [0.15, 0.2) is 36.8 Å². The number of amides is 1. The summed E-state index contributed by atoms with van der Waals surface area (Å²) in [6.45, 7) is 4.05. The van der Waals surface area contributed by atoms with Gasteiger partial charge in [-0.15, -0.1) is 0 Å². The molecule has 0 aliphatic carbocycles. The quantitative estimate of drug-likeness (QED) is 0.853. The Bertz CT molecular complexity index is 604. The van der Waals surface area contributed by atoms with Gasteiger partial charge in [0.2, 0.25) is 5.91 Å². The van der Waals surface area contributed by atoms with Gasteiger partial charge in [0.25, 0.3) is 0 Å². The number of benzene rings is 1. The van der Waals surface area contributed by atoms with Gasteiger partial charge >= 0.3 is 0 Å². The average molecular weight is 288 g/mol. The predicted molar refractivity (Wildman–Crippen MR) is 81.2 cm³/mol. The second-order valence-electron chi connectivity index (χ2n) is 5.03. The first-order valence-corrected chi connectivity index (χ1v) is 6.74. The van der Waals surface area contributed by atoms with E-state index in [2.05, 4.69) is 10.3 Å². The molecule has 0 saturated carbocycles. The van der Waals surface area contributed by atoms with Crippen molar-refractivity contribution in [3.8, 4) is 5.75 Å². The van der Waals surface area contributed by atoms with Crippen molar-refractivity contribution in [2.45, 2.75) is 25.9 Å². The smallest absolute Gasteiger partial charge is 0.246 e. The molecule has 2 rings (SSSR count). The highest BCUT2D eigenvalue weighted by atomic mass is 16.5. The largest absolute Gasteiger partial charge is 0.497 e. The van der Waals surface area contributed by atoms with Gasteiger partial charge in [0.15, 0.2) is 0 Å². The van der Waals surface area contributed by atoms with Crippen LogP contribution in [0, 0.1) is 0 Å². The number of imidazole rings is 1. The van der Waals surface area contributed by atoms with E-state index in [1.54, 1.807) is 19.6 Å². The first kappa shape index (κ1) is 14.9. The van der Waals surface area contributed by atoms with Crippen LogP contribution in [-0.2, 0) is 4.79 Å². The highest BCUT2D eigenvalue weighted by Gasteiger charge is 2.22. The Hall–Kier alpha value is -2.50. The Morgan fingerprint density at radius 3 is 2.52 bits per heavy atom. The summed E-state index contributed by atoms with van der Waals surface area (Å²) < 4.78 is 7.03. The third-order valence-electron chi connectivity index (χ3n) is 3.23. The molecule has 1 atom stereocenters. The number of primary amides is 1. The molecule has 6 heteroatoms. The van der Waals surface area contributed by atoms with Gasteiger partial charge < -0.3 is 20.4 Å². The molecule has 0 aliphatic rings. The van der Waals surface area contributed by atoms with Crippen LogP contribution in [-0.4, -0.2) is 22.6 Å². The SMILES string of the molecule is COc1ccc(NC(C(N)=O)c2cncn2C(C)C)cc1. The molecular weight excluding hydrogens is 268 g/mol. The molecule has 1 heterocycles. The van der Waals surface area contributed by atoms with E-state index < -0.39 is 11.9 Å². The summed E-state index contributed by atoms with van der Waals surface area (Å²) in [6.07, 6.45) is 3.36. The molecule has 1 aromatic carbocycles. The minimum atomic E-state index is -0.636. The minimum Gasteiger partial charge on any atom is -0.497 e. The second kappa shape index (κ2) is 6.30. The topological polar surface area (TPSA) is 82.2 Å². The summed E-state index contributed by atoms with van der Waals surface area (Å²) in [5.41, 5.74) is 7.07. The fourth-order valence-electron chi connectivity index (χ4n) is 2.11. The zero-order valence-corrected chi connectivity index (χ0v) is 12.4. The first-order valence-electron chi connectivity index (χ1n) is 6.74. The zero-order chi connectivity index (χ0) is 15.4. The van der Waals surface area contributed by atoms with Gasteiger partial charge in [-0.05, 0) is 38.1 Å². The number of nitrogens with one attached hydrogen (secondary N) is 1. The van der Waals surface area contributed by atoms with Crippen molar-refractivity contribution in [1.29, 1.82) is 0 Å². The maximum absolute atomic E-state index is 11.8. The summed E-state index contributed by atoms with van der Waals surface area (Å²) in [7, 11) is 1.61. The summed E-state index contributed by atoms with van der Waals surface area (Å²) in [4.78, 5) is 15.9. The highest BCUT2D eigenvalue weighted by molar-refractivity contribution is 5.84. The number of carbonyl (C=O) groups excluding carboxylic acids is 1. The van der Waals surface area contributed by atoms with E-state index >= 15 is 0 Å². The molecule has 0 radical (unpaired) electrons. The fraction of sp³-hybridized carbons (Fsp3) is 0.333. The molecule has 6 nitrogen and oxygen atoms in total. The van der Waals surface area contributed by atoms with Crippen LogP contribution >= 0.6 is 0 Å².